The molecule has 0 radical (unpaired) electrons. The predicted molar refractivity (Wildman–Crippen MR) is 95.7 cm³/mol. The van der Waals surface area contributed by atoms with Gasteiger partial charge in [-0.15, -0.1) is 9.20 Å². The molecule has 0 aliphatic carbocycles. The molecule has 0 bridgehead atoms. The molecule has 0 saturated carbocycles. The number of nitrogens with zero attached hydrogens (tertiary/aromatic N) is 1. The summed E-state index contributed by atoms with van der Waals surface area (Å²) in [6.07, 6.45) is -5.02. The maximum Gasteiger partial charge on any atom is 0.708 e. The van der Waals surface area contributed by atoms with E-state index in [1.165, 1.54) is 0 Å². The Morgan fingerprint density at radius 2 is 1.87 bits per heavy atom. The molecular weight excluding hydrogens is 493 g/mol. The first kappa shape index (κ1) is 26.1. The number of aliphatic hydroxyl groups is 2. The number of ether oxygens (including phenoxy) is 1. The Morgan fingerprint density at radius 3 is 2.45 bits per heavy atom. The largest absolute Gasteiger partial charge is 0.708 e. The van der Waals surface area contributed by atoms with Gasteiger partial charge >= 0.3 is 29.6 Å². The molecule has 31 heavy (non-hydrogen) atoms. The fraction of sp³-hybridized carbons (Fsp3) is 0.636. The van der Waals surface area contributed by atoms with Gasteiger partial charge in [0.25, 0.3) is 5.56 Å². The molecule has 3 unspecified atom stereocenters. The van der Waals surface area contributed by atoms with Crippen molar-refractivity contribution in [1.82, 2.24) is 9.55 Å². The third kappa shape index (κ3) is 6.66. The summed E-state index contributed by atoms with van der Waals surface area (Å²) in [5.41, 5.74) is -1.76. The normalized spacial score (nSPS) is 28.1. The lowest BCUT2D eigenvalue weighted by Crippen LogP contribution is -2.36. The quantitative estimate of drug-likeness (QED) is 0.127. The molecule has 1 aromatic rings. The van der Waals surface area contributed by atoms with E-state index in [4.69, 9.17) is 19.8 Å². The summed E-state index contributed by atoms with van der Waals surface area (Å²) in [5.74, 6) is 0. The summed E-state index contributed by atoms with van der Waals surface area (Å²) < 4.78 is 55.3. The van der Waals surface area contributed by atoms with Crippen LogP contribution < -0.4 is 11.2 Å². The number of aromatic nitrogens is 2. The van der Waals surface area contributed by atoms with Gasteiger partial charge in [0.2, 0.25) is 0 Å². The molecule has 1 aromatic heterocycles. The van der Waals surface area contributed by atoms with Crippen molar-refractivity contribution >= 4 is 23.9 Å². The zero-order valence-electron chi connectivity index (χ0n) is 15.4. The SMILES string of the molecule is CCn1cc([C@@H]2O[C@H](CO[P+](=O)OP(=O)(O)OP(=O)(O)OO)[C@@H](O)[C@H]2O)c(=O)[nH]c1=O. The number of rotatable bonds is 10. The fourth-order valence-electron chi connectivity index (χ4n) is 2.51. The Bertz CT molecular complexity index is 1020. The average molecular weight is 511 g/mol. The van der Waals surface area contributed by atoms with E-state index in [1.54, 1.807) is 6.92 Å². The highest BCUT2D eigenvalue weighted by Gasteiger charge is 2.48. The molecule has 1 fully saturated rings. The van der Waals surface area contributed by atoms with Crippen LogP contribution in [0.25, 0.3) is 0 Å². The standard InChI is InChI=1S/C11H17N2O15P3/c1-2-13-3-5(10(16)12-11(13)17)9-8(15)7(14)6(25-9)4-24-29(19)27-31(22,23)28-30(20,21)26-18/h3,6-9,14-15H,2,4H2,1H3,(H3-,12,16,17,18,20,21,22,23)/p+1/t6-,7-,8-,9+/m1/s1. The molecule has 0 amide bonds. The van der Waals surface area contributed by atoms with Gasteiger partial charge in [-0.25, -0.2) is 19.2 Å². The van der Waals surface area contributed by atoms with E-state index in [0.29, 0.717) is 0 Å². The Kier molecular flexibility index (Phi) is 8.58. The summed E-state index contributed by atoms with van der Waals surface area (Å²) in [6.45, 7) is 0.996. The summed E-state index contributed by atoms with van der Waals surface area (Å²) in [4.78, 5) is 43.6. The Hall–Kier alpha value is -1.16. The minimum Gasteiger partial charge on any atom is -0.387 e. The third-order valence-corrected chi connectivity index (χ3v) is 7.45. The van der Waals surface area contributed by atoms with E-state index < -0.39 is 66.2 Å². The van der Waals surface area contributed by atoms with Crippen LogP contribution in [0.1, 0.15) is 18.6 Å². The molecular formula is C11H18N2O15P3+. The van der Waals surface area contributed by atoms with Crippen LogP contribution in [0.2, 0.25) is 0 Å². The molecule has 17 nitrogen and oxygen atoms in total. The molecule has 2 heterocycles. The van der Waals surface area contributed by atoms with Gasteiger partial charge in [-0.05, 0) is 11.2 Å². The lowest BCUT2D eigenvalue weighted by molar-refractivity contribution is -0.157. The highest BCUT2D eigenvalue weighted by molar-refractivity contribution is 7.64. The molecule has 0 spiro atoms. The monoisotopic (exact) mass is 511 g/mol. The number of nitrogens with one attached hydrogen (secondary N) is 1. The molecule has 1 aliphatic heterocycles. The van der Waals surface area contributed by atoms with Gasteiger partial charge in [-0.2, -0.15) is 4.31 Å². The van der Waals surface area contributed by atoms with E-state index in [9.17, 15) is 33.5 Å². The highest BCUT2D eigenvalue weighted by atomic mass is 31.3. The first-order valence-electron chi connectivity index (χ1n) is 8.15. The van der Waals surface area contributed by atoms with Crippen LogP contribution in [0.15, 0.2) is 15.8 Å². The zero-order valence-corrected chi connectivity index (χ0v) is 18.1. The minimum absolute atomic E-state index is 0.184. The van der Waals surface area contributed by atoms with Gasteiger partial charge in [-0.1, -0.05) is 0 Å². The third-order valence-electron chi connectivity index (χ3n) is 3.87. The molecule has 176 valence electrons. The Labute approximate surface area is 172 Å². The number of aliphatic hydroxyl groups excluding tert-OH is 2. The average Bonchev–Trinajstić information content (AvgIpc) is 2.93. The van der Waals surface area contributed by atoms with Crippen LogP contribution in [0.5, 0.6) is 0 Å². The van der Waals surface area contributed by atoms with Gasteiger partial charge in [0, 0.05) is 17.3 Å². The topological polar surface area (TPSA) is 253 Å². The maximum atomic E-state index is 12.0. The Morgan fingerprint density at radius 1 is 1.23 bits per heavy atom. The van der Waals surface area contributed by atoms with Crippen LogP contribution >= 0.6 is 23.9 Å². The lowest BCUT2D eigenvalue weighted by Gasteiger charge is -2.15. The number of hydrogen-bond donors (Lipinski definition) is 6. The second kappa shape index (κ2) is 10.2. The number of H-pyrrole nitrogens is 1. The van der Waals surface area contributed by atoms with Crippen LogP contribution in [0, 0.1) is 0 Å². The van der Waals surface area contributed by atoms with Crippen molar-refractivity contribution in [3.63, 3.8) is 0 Å². The van der Waals surface area contributed by atoms with Crippen LogP contribution in [0.3, 0.4) is 0 Å². The van der Waals surface area contributed by atoms with Gasteiger partial charge in [-0.3, -0.25) is 14.7 Å². The minimum atomic E-state index is -5.49. The van der Waals surface area contributed by atoms with E-state index >= 15 is 0 Å². The summed E-state index contributed by atoms with van der Waals surface area (Å²) >= 11 is 0. The smallest absolute Gasteiger partial charge is 0.387 e. The van der Waals surface area contributed by atoms with E-state index in [0.717, 1.165) is 10.8 Å². The molecule has 20 heteroatoms. The number of aromatic amines is 1. The van der Waals surface area contributed by atoms with E-state index in [-0.39, 0.29) is 12.1 Å². The second-order valence-electron chi connectivity index (χ2n) is 5.91. The first-order chi connectivity index (χ1) is 14.3. The van der Waals surface area contributed by atoms with E-state index in [1.807, 2.05) is 4.98 Å². The summed E-state index contributed by atoms with van der Waals surface area (Å²) in [5, 5.41) is 28.3. The van der Waals surface area contributed by atoms with Crippen molar-refractivity contribution in [2.45, 2.75) is 37.9 Å². The van der Waals surface area contributed by atoms with Crippen LogP contribution in [-0.2, 0) is 42.8 Å². The maximum absolute atomic E-state index is 12.0. The van der Waals surface area contributed by atoms with Crippen molar-refractivity contribution in [2.75, 3.05) is 6.61 Å². The lowest BCUT2D eigenvalue weighted by atomic mass is 10.0. The Balaban J connectivity index is 2.04. The molecule has 1 saturated heterocycles. The summed E-state index contributed by atoms with van der Waals surface area (Å²) in [7, 11) is -14.4. The van der Waals surface area contributed by atoms with Crippen molar-refractivity contribution in [2.24, 2.45) is 0 Å². The number of hydrogen-bond acceptors (Lipinski definition) is 13. The van der Waals surface area contributed by atoms with Gasteiger partial charge in [0.15, 0.2) is 0 Å². The fourth-order valence-corrected chi connectivity index (χ4v) is 5.19. The number of aryl methyl sites for hydroxylation is 1. The van der Waals surface area contributed by atoms with Crippen LogP contribution in [-0.4, -0.2) is 59.7 Å². The second-order valence-corrected chi connectivity index (χ2v) is 9.96. The number of phosphoric acid groups is 2. The van der Waals surface area contributed by atoms with Crippen molar-refractivity contribution in [1.29, 1.82) is 0 Å². The predicted octanol–water partition coefficient (Wildman–Crippen LogP) is -0.884. The summed E-state index contributed by atoms with van der Waals surface area (Å²) in [6, 6.07) is 0. The van der Waals surface area contributed by atoms with Gasteiger partial charge < -0.3 is 24.4 Å². The molecule has 6 N–H and O–H groups in total. The van der Waals surface area contributed by atoms with Gasteiger partial charge in [0.1, 0.15) is 31.0 Å². The first-order valence-corrected chi connectivity index (χ1v) is 12.2. The molecule has 0 aromatic carbocycles. The van der Waals surface area contributed by atoms with Crippen LogP contribution in [0.4, 0.5) is 0 Å². The highest BCUT2D eigenvalue weighted by Crippen LogP contribution is 2.63. The van der Waals surface area contributed by atoms with Crippen molar-refractivity contribution < 1.29 is 61.5 Å². The molecule has 1 aliphatic rings. The zero-order chi connectivity index (χ0) is 23.6. The van der Waals surface area contributed by atoms with E-state index in [2.05, 4.69) is 17.8 Å². The molecule has 7 atom stereocenters. The molecule has 2 rings (SSSR count). The van der Waals surface area contributed by atoms with Gasteiger partial charge in [0.05, 0.1) is 5.56 Å². The van der Waals surface area contributed by atoms with Crippen molar-refractivity contribution in [3.8, 4) is 0 Å². The van der Waals surface area contributed by atoms with Crippen molar-refractivity contribution in [3.05, 3.63) is 32.6 Å².